The third-order valence-electron chi connectivity index (χ3n) is 4.71. The molecule has 0 aliphatic carbocycles. The van der Waals surface area contributed by atoms with Crippen LogP contribution in [0.1, 0.15) is 38.0 Å². The van der Waals surface area contributed by atoms with E-state index in [2.05, 4.69) is 5.32 Å². The first-order valence-electron chi connectivity index (χ1n) is 9.05. The Morgan fingerprint density at radius 2 is 1.69 bits per heavy atom. The average molecular weight is 395 g/mol. The van der Waals surface area contributed by atoms with Crippen molar-refractivity contribution in [2.45, 2.75) is 6.92 Å². The van der Waals surface area contributed by atoms with Crippen LogP contribution < -0.4 is 10.1 Å². The minimum Gasteiger partial charge on any atom is -0.497 e. The van der Waals surface area contributed by atoms with E-state index in [4.69, 9.17) is 4.74 Å². The van der Waals surface area contributed by atoms with Crippen molar-refractivity contribution < 1.29 is 23.9 Å². The minimum absolute atomic E-state index is 0.148. The van der Waals surface area contributed by atoms with Gasteiger partial charge in [0, 0.05) is 24.8 Å². The normalized spacial score (nSPS) is 12.6. The molecule has 1 heterocycles. The number of rotatable bonds is 6. The number of carbonyl (C=O) groups is 4. The van der Waals surface area contributed by atoms with E-state index < -0.39 is 17.7 Å². The molecule has 8 nitrogen and oxygen atoms in total. The van der Waals surface area contributed by atoms with Crippen molar-refractivity contribution in [1.82, 2.24) is 9.80 Å². The van der Waals surface area contributed by atoms with Crippen LogP contribution >= 0.6 is 0 Å². The van der Waals surface area contributed by atoms with Gasteiger partial charge in [-0.15, -0.1) is 0 Å². The van der Waals surface area contributed by atoms with Crippen LogP contribution in [0.4, 0.5) is 5.69 Å². The van der Waals surface area contributed by atoms with Gasteiger partial charge in [-0.05, 0) is 49.4 Å². The van der Waals surface area contributed by atoms with Gasteiger partial charge in [-0.25, -0.2) is 0 Å². The molecule has 1 aliphatic heterocycles. The Hall–Kier alpha value is -3.68. The number of benzene rings is 2. The summed E-state index contributed by atoms with van der Waals surface area (Å²) in [5, 5.41) is 2.73. The lowest BCUT2D eigenvalue weighted by Crippen LogP contribution is -2.38. The molecule has 3 rings (SSSR count). The van der Waals surface area contributed by atoms with Gasteiger partial charge in [0.25, 0.3) is 17.7 Å². The Labute approximate surface area is 168 Å². The van der Waals surface area contributed by atoms with Crippen LogP contribution in [-0.4, -0.2) is 60.7 Å². The van der Waals surface area contributed by atoms with E-state index in [9.17, 15) is 19.2 Å². The minimum atomic E-state index is -0.444. The summed E-state index contributed by atoms with van der Waals surface area (Å²) < 4.78 is 5.08. The molecule has 0 atom stereocenters. The Morgan fingerprint density at radius 1 is 1.03 bits per heavy atom. The summed E-state index contributed by atoms with van der Waals surface area (Å²) in [6.45, 7) is 1.92. The van der Waals surface area contributed by atoms with Crippen molar-refractivity contribution in [2.24, 2.45) is 0 Å². The standard InChI is InChI=1S/C21H21N3O5/c1-4-24(12-18(25)22-14-6-8-15(29-3)9-7-14)19(26)13-5-10-16-17(11-13)21(28)23(2)20(16)27/h5-11H,4,12H2,1-3H3,(H,22,25). The highest BCUT2D eigenvalue weighted by atomic mass is 16.5. The molecular weight excluding hydrogens is 374 g/mol. The fourth-order valence-electron chi connectivity index (χ4n) is 3.05. The molecule has 0 spiro atoms. The van der Waals surface area contributed by atoms with E-state index in [1.165, 1.54) is 30.1 Å². The molecule has 0 saturated carbocycles. The highest BCUT2D eigenvalue weighted by Gasteiger charge is 2.33. The van der Waals surface area contributed by atoms with Gasteiger partial charge >= 0.3 is 0 Å². The van der Waals surface area contributed by atoms with Crippen LogP contribution in [0, 0.1) is 0 Å². The fraction of sp³-hybridized carbons (Fsp3) is 0.238. The van der Waals surface area contributed by atoms with Crippen molar-refractivity contribution in [3.05, 3.63) is 59.2 Å². The lowest BCUT2D eigenvalue weighted by Gasteiger charge is -2.20. The van der Waals surface area contributed by atoms with Crippen molar-refractivity contribution in [2.75, 3.05) is 32.6 Å². The van der Waals surface area contributed by atoms with Gasteiger partial charge in [0.2, 0.25) is 5.91 Å². The molecule has 0 bridgehead atoms. The van der Waals surface area contributed by atoms with Crippen molar-refractivity contribution in [3.63, 3.8) is 0 Å². The van der Waals surface area contributed by atoms with Crippen molar-refractivity contribution in [1.29, 1.82) is 0 Å². The van der Waals surface area contributed by atoms with Gasteiger partial charge in [0.05, 0.1) is 18.2 Å². The first-order valence-corrected chi connectivity index (χ1v) is 9.05. The van der Waals surface area contributed by atoms with E-state index in [1.807, 2.05) is 0 Å². The number of hydrogen-bond acceptors (Lipinski definition) is 5. The first kappa shape index (κ1) is 20.1. The Balaban J connectivity index is 1.71. The van der Waals surface area contributed by atoms with Gasteiger partial charge in [-0.2, -0.15) is 0 Å². The predicted octanol–water partition coefficient (Wildman–Crippen LogP) is 2.02. The van der Waals surface area contributed by atoms with Crippen LogP contribution in [0.5, 0.6) is 5.75 Å². The molecule has 0 saturated heterocycles. The summed E-state index contributed by atoms with van der Waals surface area (Å²) in [5.74, 6) is -0.911. The van der Waals surface area contributed by atoms with Crippen LogP contribution in [-0.2, 0) is 4.79 Å². The quantitative estimate of drug-likeness (QED) is 0.755. The molecule has 0 radical (unpaired) electrons. The summed E-state index contributed by atoms with van der Waals surface area (Å²) >= 11 is 0. The van der Waals surface area contributed by atoms with E-state index in [-0.39, 0.29) is 29.1 Å². The van der Waals surface area contributed by atoms with Gasteiger partial charge in [-0.3, -0.25) is 24.1 Å². The maximum absolute atomic E-state index is 12.8. The first-order chi connectivity index (χ1) is 13.8. The third kappa shape index (κ3) is 3.96. The van der Waals surface area contributed by atoms with E-state index in [0.29, 0.717) is 18.0 Å². The summed E-state index contributed by atoms with van der Waals surface area (Å²) in [4.78, 5) is 51.7. The number of nitrogens with one attached hydrogen (secondary N) is 1. The predicted molar refractivity (Wildman–Crippen MR) is 106 cm³/mol. The molecule has 0 aromatic heterocycles. The summed E-state index contributed by atoms with van der Waals surface area (Å²) in [6.07, 6.45) is 0. The SMILES string of the molecule is CCN(CC(=O)Nc1ccc(OC)cc1)C(=O)c1ccc2c(c1)C(=O)N(C)C2=O. The zero-order chi connectivity index (χ0) is 21.1. The number of methoxy groups -OCH3 is 1. The topological polar surface area (TPSA) is 96.0 Å². The molecular formula is C21H21N3O5. The maximum Gasteiger partial charge on any atom is 0.261 e. The number of anilines is 1. The second-order valence-electron chi connectivity index (χ2n) is 6.53. The molecule has 0 unspecified atom stereocenters. The number of ether oxygens (including phenoxy) is 1. The molecule has 1 aliphatic rings. The highest BCUT2D eigenvalue weighted by molar-refractivity contribution is 6.21. The number of fused-ring (bicyclic) bond motifs is 1. The van der Waals surface area contributed by atoms with Gasteiger partial charge in [-0.1, -0.05) is 0 Å². The van der Waals surface area contributed by atoms with E-state index in [0.717, 1.165) is 4.90 Å². The number of amides is 4. The molecule has 0 fully saturated rings. The Kier molecular flexibility index (Phi) is 5.63. The number of likely N-dealkylation sites (N-methyl/N-ethyl adjacent to an activating group) is 1. The number of hydrogen-bond donors (Lipinski definition) is 1. The monoisotopic (exact) mass is 395 g/mol. The van der Waals surface area contributed by atoms with Crippen LogP contribution in [0.3, 0.4) is 0 Å². The Morgan fingerprint density at radius 3 is 2.31 bits per heavy atom. The lowest BCUT2D eigenvalue weighted by molar-refractivity contribution is -0.116. The van der Waals surface area contributed by atoms with Crippen LogP contribution in [0.15, 0.2) is 42.5 Å². The average Bonchev–Trinajstić information content (AvgIpc) is 2.95. The summed E-state index contributed by atoms with van der Waals surface area (Å²) in [5.41, 5.74) is 1.31. The molecule has 1 N–H and O–H groups in total. The second kappa shape index (κ2) is 8.14. The number of nitrogens with zero attached hydrogens (tertiary/aromatic N) is 2. The molecule has 4 amide bonds. The molecule has 29 heavy (non-hydrogen) atoms. The molecule has 2 aromatic carbocycles. The second-order valence-corrected chi connectivity index (χ2v) is 6.53. The largest absolute Gasteiger partial charge is 0.497 e. The third-order valence-corrected chi connectivity index (χ3v) is 4.71. The molecule has 8 heteroatoms. The van der Waals surface area contributed by atoms with Gasteiger partial charge in [0.1, 0.15) is 12.3 Å². The number of imide groups is 1. The highest BCUT2D eigenvalue weighted by Crippen LogP contribution is 2.23. The van der Waals surface area contributed by atoms with E-state index in [1.54, 1.807) is 38.3 Å². The van der Waals surface area contributed by atoms with Crippen molar-refractivity contribution >= 4 is 29.3 Å². The van der Waals surface area contributed by atoms with Gasteiger partial charge < -0.3 is 15.0 Å². The van der Waals surface area contributed by atoms with Crippen LogP contribution in [0.2, 0.25) is 0 Å². The number of carbonyl (C=O) groups excluding carboxylic acids is 4. The smallest absolute Gasteiger partial charge is 0.261 e. The maximum atomic E-state index is 12.8. The summed E-state index contributed by atoms with van der Waals surface area (Å²) in [7, 11) is 2.95. The van der Waals surface area contributed by atoms with Crippen molar-refractivity contribution in [3.8, 4) is 5.75 Å². The zero-order valence-electron chi connectivity index (χ0n) is 16.4. The summed E-state index contributed by atoms with van der Waals surface area (Å²) in [6, 6.07) is 11.2. The molecule has 150 valence electrons. The Bertz CT molecular complexity index is 984. The lowest BCUT2D eigenvalue weighted by atomic mass is 10.0. The fourth-order valence-corrected chi connectivity index (χ4v) is 3.05. The molecule has 2 aromatic rings. The van der Waals surface area contributed by atoms with Gasteiger partial charge in [0.15, 0.2) is 0 Å². The van der Waals surface area contributed by atoms with Crippen LogP contribution in [0.25, 0.3) is 0 Å². The van der Waals surface area contributed by atoms with E-state index >= 15 is 0 Å². The zero-order valence-corrected chi connectivity index (χ0v) is 16.4.